The number of allylic oxidation sites excluding steroid dienone is 1. The number of aliphatic imine (C=N–C) groups is 1. The third-order valence-corrected chi connectivity index (χ3v) is 1.43. The predicted octanol–water partition coefficient (Wildman–Crippen LogP) is 3.17. The molecule has 0 aliphatic heterocycles. The Morgan fingerprint density at radius 3 is 2.50 bits per heavy atom. The molecule has 0 unspecified atom stereocenters. The van der Waals surface area contributed by atoms with Gasteiger partial charge in [-0.2, -0.15) is 0 Å². The molecule has 0 saturated carbocycles. The topological polar surface area (TPSA) is 12.4 Å². The van der Waals surface area contributed by atoms with Crippen molar-refractivity contribution in [2.45, 2.75) is 40.0 Å². The van der Waals surface area contributed by atoms with Crippen LogP contribution in [-0.2, 0) is 0 Å². The summed E-state index contributed by atoms with van der Waals surface area (Å²) in [6.45, 7) is 6.31. The Hall–Kier alpha value is -0.590. The Balaban J connectivity index is 3.78. The van der Waals surface area contributed by atoms with Crippen molar-refractivity contribution in [1.29, 1.82) is 0 Å². The molecule has 0 rings (SSSR count). The van der Waals surface area contributed by atoms with Crippen molar-refractivity contribution in [3.63, 3.8) is 0 Å². The van der Waals surface area contributed by atoms with Crippen molar-refractivity contribution < 1.29 is 0 Å². The largest absolute Gasteiger partial charge is 0.269 e. The van der Waals surface area contributed by atoms with Crippen LogP contribution in [0.5, 0.6) is 0 Å². The van der Waals surface area contributed by atoms with Gasteiger partial charge in [-0.3, -0.25) is 4.99 Å². The van der Waals surface area contributed by atoms with E-state index in [0.717, 1.165) is 6.42 Å². The molecule has 0 aromatic heterocycles. The first kappa shape index (κ1) is 9.41. The summed E-state index contributed by atoms with van der Waals surface area (Å²) >= 11 is 0. The Labute approximate surface area is 63.9 Å². The maximum Gasteiger partial charge on any atom is 0.0255 e. The SMILES string of the molecule is C/C=N\C=C(\CC)CCC. The molecule has 10 heavy (non-hydrogen) atoms. The van der Waals surface area contributed by atoms with E-state index in [2.05, 4.69) is 18.8 Å². The fourth-order valence-electron chi connectivity index (χ4n) is 0.834. The quantitative estimate of drug-likeness (QED) is 0.530. The molecule has 58 valence electrons. The van der Waals surface area contributed by atoms with E-state index in [-0.39, 0.29) is 0 Å². The van der Waals surface area contributed by atoms with Gasteiger partial charge in [-0.15, -0.1) is 0 Å². The molecule has 0 amide bonds. The van der Waals surface area contributed by atoms with E-state index in [1.807, 2.05) is 19.3 Å². The zero-order valence-electron chi connectivity index (χ0n) is 7.22. The lowest BCUT2D eigenvalue weighted by atomic mass is 10.1. The van der Waals surface area contributed by atoms with Gasteiger partial charge in [0.25, 0.3) is 0 Å². The first-order valence-corrected chi connectivity index (χ1v) is 4.00. The van der Waals surface area contributed by atoms with Gasteiger partial charge in [0.05, 0.1) is 0 Å². The summed E-state index contributed by atoms with van der Waals surface area (Å²) in [4.78, 5) is 4.07. The van der Waals surface area contributed by atoms with Gasteiger partial charge in [-0.1, -0.05) is 25.8 Å². The second kappa shape index (κ2) is 6.53. The third kappa shape index (κ3) is 4.30. The molecule has 0 aromatic rings. The number of hydrogen-bond donors (Lipinski definition) is 0. The summed E-state index contributed by atoms with van der Waals surface area (Å²) in [6, 6.07) is 0. The molecule has 0 aliphatic carbocycles. The van der Waals surface area contributed by atoms with Crippen molar-refractivity contribution in [1.82, 2.24) is 0 Å². The summed E-state index contributed by atoms with van der Waals surface area (Å²) in [5.74, 6) is 0. The molecule has 0 spiro atoms. The van der Waals surface area contributed by atoms with Crippen molar-refractivity contribution in [3.8, 4) is 0 Å². The highest BCUT2D eigenvalue weighted by Crippen LogP contribution is 2.08. The molecule has 1 heteroatoms. The van der Waals surface area contributed by atoms with Crippen molar-refractivity contribution >= 4 is 6.21 Å². The van der Waals surface area contributed by atoms with Gasteiger partial charge in [0.1, 0.15) is 0 Å². The molecular formula is C9H17N. The number of rotatable bonds is 4. The second-order valence-electron chi connectivity index (χ2n) is 2.30. The van der Waals surface area contributed by atoms with Crippen LogP contribution >= 0.6 is 0 Å². The van der Waals surface area contributed by atoms with Crippen LogP contribution in [0.1, 0.15) is 40.0 Å². The number of hydrogen-bond acceptors (Lipinski definition) is 1. The third-order valence-electron chi connectivity index (χ3n) is 1.43. The maximum atomic E-state index is 4.07. The van der Waals surface area contributed by atoms with Crippen LogP contribution in [0.2, 0.25) is 0 Å². The monoisotopic (exact) mass is 139 g/mol. The van der Waals surface area contributed by atoms with Crippen molar-refractivity contribution in [2.24, 2.45) is 4.99 Å². The Kier molecular flexibility index (Phi) is 6.14. The molecule has 0 N–H and O–H groups in total. The van der Waals surface area contributed by atoms with E-state index < -0.39 is 0 Å². The van der Waals surface area contributed by atoms with Gasteiger partial charge in [0.2, 0.25) is 0 Å². The minimum absolute atomic E-state index is 1.13. The summed E-state index contributed by atoms with van der Waals surface area (Å²) < 4.78 is 0. The van der Waals surface area contributed by atoms with E-state index in [9.17, 15) is 0 Å². The lowest BCUT2D eigenvalue weighted by Gasteiger charge is -1.97. The van der Waals surface area contributed by atoms with E-state index >= 15 is 0 Å². The average Bonchev–Trinajstić information content (AvgIpc) is 1.98. The van der Waals surface area contributed by atoms with E-state index in [1.54, 1.807) is 0 Å². The normalized spacial score (nSPS) is 12.9. The minimum atomic E-state index is 1.13. The van der Waals surface area contributed by atoms with Gasteiger partial charge in [0, 0.05) is 12.4 Å². The molecular weight excluding hydrogens is 122 g/mol. The molecule has 0 fully saturated rings. The van der Waals surface area contributed by atoms with Gasteiger partial charge in [-0.25, -0.2) is 0 Å². The first-order chi connectivity index (χ1) is 4.85. The lowest BCUT2D eigenvalue weighted by Crippen LogP contribution is -1.78. The Bertz CT molecular complexity index is 123. The summed E-state index contributed by atoms with van der Waals surface area (Å²) in [7, 11) is 0. The molecule has 0 radical (unpaired) electrons. The van der Waals surface area contributed by atoms with Crippen molar-refractivity contribution in [2.75, 3.05) is 0 Å². The van der Waals surface area contributed by atoms with Crippen molar-refractivity contribution in [3.05, 3.63) is 11.8 Å². The molecule has 0 bridgehead atoms. The van der Waals surface area contributed by atoms with Crippen LogP contribution in [0.15, 0.2) is 16.8 Å². The van der Waals surface area contributed by atoms with Crippen LogP contribution in [0.4, 0.5) is 0 Å². The van der Waals surface area contributed by atoms with Gasteiger partial charge >= 0.3 is 0 Å². The van der Waals surface area contributed by atoms with Crippen LogP contribution in [-0.4, -0.2) is 6.21 Å². The van der Waals surface area contributed by atoms with Crippen LogP contribution < -0.4 is 0 Å². The Morgan fingerprint density at radius 2 is 2.10 bits per heavy atom. The fraction of sp³-hybridized carbons (Fsp3) is 0.667. The zero-order valence-corrected chi connectivity index (χ0v) is 7.22. The molecule has 0 saturated heterocycles. The summed E-state index contributed by atoms with van der Waals surface area (Å²) in [5.41, 5.74) is 1.45. The van der Waals surface area contributed by atoms with E-state index in [0.29, 0.717) is 0 Å². The first-order valence-electron chi connectivity index (χ1n) is 4.00. The van der Waals surface area contributed by atoms with Crippen LogP contribution in [0.3, 0.4) is 0 Å². The van der Waals surface area contributed by atoms with E-state index in [1.165, 1.54) is 18.4 Å². The number of nitrogens with zero attached hydrogens (tertiary/aromatic N) is 1. The van der Waals surface area contributed by atoms with Gasteiger partial charge in [0.15, 0.2) is 0 Å². The highest BCUT2D eigenvalue weighted by atomic mass is 14.7. The molecule has 0 aliphatic rings. The van der Waals surface area contributed by atoms with Crippen LogP contribution in [0.25, 0.3) is 0 Å². The zero-order chi connectivity index (χ0) is 7.82. The summed E-state index contributed by atoms with van der Waals surface area (Å²) in [5, 5.41) is 0. The second-order valence-corrected chi connectivity index (χ2v) is 2.30. The predicted molar refractivity (Wildman–Crippen MR) is 47.4 cm³/mol. The maximum absolute atomic E-state index is 4.07. The molecule has 1 nitrogen and oxygen atoms in total. The standard InChI is InChI=1S/C9H17N/c1-4-7-9(5-2)8-10-6-3/h6,8H,4-5,7H2,1-3H3/b9-8-,10-6-. The Morgan fingerprint density at radius 1 is 1.40 bits per heavy atom. The van der Waals surface area contributed by atoms with Gasteiger partial charge < -0.3 is 0 Å². The molecule has 0 heterocycles. The molecule has 0 atom stereocenters. The van der Waals surface area contributed by atoms with E-state index in [4.69, 9.17) is 0 Å². The summed E-state index contributed by atoms with van der Waals surface area (Å²) in [6.07, 6.45) is 7.34. The minimum Gasteiger partial charge on any atom is -0.269 e. The smallest absolute Gasteiger partial charge is 0.0255 e. The average molecular weight is 139 g/mol. The highest BCUT2D eigenvalue weighted by molar-refractivity contribution is 5.54. The molecule has 0 aromatic carbocycles. The van der Waals surface area contributed by atoms with Gasteiger partial charge in [-0.05, 0) is 19.8 Å². The lowest BCUT2D eigenvalue weighted by molar-refractivity contribution is 0.854. The fourth-order valence-corrected chi connectivity index (χ4v) is 0.834. The van der Waals surface area contributed by atoms with Crippen LogP contribution in [0, 0.1) is 0 Å². The highest BCUT2D eigenvalue weighted by Gasteiger charge is 1.88.